The molecule has 0 radical (unpaired) electrons. The summed E-state index contributed by atoms with van der Waals surface area (Å²) < 4.78 is 23.0. The third kappa shape index (κ3) is 2.07. The first-order valence-electron chi connectivity index (χ1n) is 2.90. The third-order valence-corrected chi connectivity index (χ3v) is 4.49. The van der Waals surface area contributed by atoms with Crippen molar-refractivity contribution in [2.24, 2.45) is 5.14 Å². The fraction of sp³-hybridized carbons (Fsp3) is 0. The van der Waals surface area contributed by atoms with Gasteiger partial charge in [0.25, 0.3) is 0 Å². The molecule has 66 valence electrons. The van der Waals surface area contributed by atoms with Gasteiger partial charge in [0.05, 0.1) is 9.37 Å². The Kier molecular flexibility index (Phi) is 2.92. The molecule has 0 aliphatic heterocycles. The minimum Gasteiger partial charge on any atom is -0.225 e. The molecule has 1 aromatic carbocycles. The van der Waals surface area contributed by atoms with Crippen molar-refractivity contribution < 1.29 is 8.42 Å². The van der Waals surface area contributed by atoms with E-state index in [1.54, 1.807) is 12.1 Å². The standard InChI is InChI=1S/C6H5Br2NO2S/c7-4-2-1-3-5(6(4)8)12(9,10)11/h1-3H,(H2,9,10,11). The fourth-order valence-corrected chi connectivity index (χ4v) is 2.77. The van der Waals surface area contributed by atoms with Crippen LogP contribution < -0.4 is 5.14 Å². The molecule has 0 unspecified atom stereocenters. The second-order valence-electron chi connectivity index (χ2n) is 2.10. The minimum atomic E-state index is -3.63. The van der Waals surface area contributed by atoms with Gasteiger partial charge in [-0.1, -0.05) is 6.07 Å². The lowest BCUT2D eigenvalue weighted by atomic mass is 10.4. The number of halogens is 2. The van der Waals surface area contributed by atoms with Crippen LogP contribution in [-0.4, -0.2) is 8.42 Å². The van der Waals surface area contributed by atoms with Crippen LogP contribution in [0.4, 0.5) is 0 Å². The van der Waals surface area contributed by atoms with Gasteiger partial charge in [-0.2, -0.15) is 0 Å². The summed E-state index contributed by atoms with van der Waals surface area (Å²) in [5, 5.41) is 4.95. The van der Waals surface area contributed by atoms with Crippen LogP contribution in [0.15, 0.2) is 32.0 Å². The lowest BCUT2D eigenvalue weighted by Crippen LogP contribution is -2.12. The zero-order valence-electron chi connectivity index (χ0n) is 5.79. The summed E-state index contributed by atoms with van der Waals surface area (Å²) in [6.07, 6.45) is 0. The molecule has 0 aromatic heterocycles. The lowest BCUT2D eigenvalue weighted by molar-refractivity contribution is 0.597. The van der Waals surface area contributed by atoms with Crippen LogP contribution in [0.25, 0.3) is 0 Å². The van der Waals surface area contributed by atoms with Crippen molar-refractivity contribution >= 4 is 41.9 Å². The van der Waals surface area contributed by atoms with Gasteiger partial charge in [-0.15, -0.1) is 0 Å². The fourth-order valence-electron chi connectivity index (χ4n) is 0.704. The van der Waals surface area contributed by atoms with E-state index in [-0.39, 0.29) is 4.90 Å². The normalized spacial score (nSPS) is 11.6. The molecule has 0 atom stereocenters. The Labute approximate surface area is 87.3 Å². The minimum absolute atomic E-state index is 0.0804. The highest BCUT2D eigenvalue weighted by Gasteiger charge is 2.13. The summed E-state index contributed by atoms with van der Waals surface area (Å²) >= 11 is 6.28. The Hall–Kier alpha value is 0.0900. The molecule has 0 saturated heterocycles. The Morgan fingerprint density at radius 1 is 1.25 bits per heavy atom. The molecule has 0 amide bonds. The van der Waals surface area contributed by atoms with E-state index in [1.807, 2.05) is 0 Å². The van der Waals surface area contributed by atoms with Crippen molar-refractivity contribution in [1.29, 1.82) is 0 Å². The Morgan fingerprint density at radius 2 is 1.83 bits per heavy atom. The molecule has 1 rings (SSSR count). The molecule has 12 heavy (non-hydrogen) atoms. The molecule has 0 saturated carbocycles. The second-order valence-corrected chi connectivity index (χ2v) is 5.27. The molecule has 1 aromatic rings. The molecule has 0 heterocycles. The molecular weight excluding hydrogens is 310 g/mol. The number of benzene rings is 1. The number of hydrogen-bond donors (Lipinski definition) is 1. The monoisotopic (exact) mass is 313 g/mol. The van der Waals surface area contributed by atoms with Crippen LogP contribution in [0.5, 0.6) is 0 Å². The van der Waals surface area contributed by atoms with Crippen LogP contribution in [0.3, 0.4) is 0 Å². The maximum absolute atomic E-state index is 10.9. The predicted molar refractivity (Wildman–Crippen MR) is 53.2 cm³/mol. The van der Waals surface area contributed by atoms with Crippen molar-refractivity contribution in [3.8, 4) is 0 Å². The Balaban J connectivity index is 3.47. The van der Waals surface area contributed by atoms with Gasteiger partial charge in [0, 0.05) is 4.47 Å². The topological polar surface area (TPSA) is 60.2 Å². The molecular formula is C6H5Br2NO2S. The molecule has 3 nitrogen and oxygen atoms in total. The molecule has 0 bridgehead atoms. The maximum Gasteiger partial charge on any atom is 0.239 e. The molecule has 0 fully saturated rings. The maximum atomic E-state index is 10.9. The molecule has 0 spiro atoms. The summed E-state index contributed by atoms with van der Waals surface area (Å²) in [7, 11) is -3.63. The Morgan fingerprint density at radius 3 is 2.25 bits per heavy atom. The van der Waals surface area contributed by atoms with Crippen molar-refractivity contribution in [1.82, 2.24) is 0 Å². The summed E-state index contributed by atoms with van der Waals surface area (Å²) in [5.41, 5.74) is 0. The highest BCUT2D eigenvalue weighted by atomic mass is 79.9. The lowest BCUT2D eigenvalue weighted by Gasteiger charge is -2.02. The summed E-state index contributed by atoms with van der Waals surface area (Å²) in [6.45, 7) is 0. The summed E-state index contributed by atoms with van der Waals surface area (Å²) in [6, 6.07) is 4.76. The quantitative estimate of drug-likeness (QED) is 0.860. The van der Waals surface area contributed by atoms with E-state index in [4.69, 9.17) is 5.14 Å². The first kappa shape index (κ1) is 10.2. The zero-order valence-corrected chi connectivity index (χ0v) is 9.78. The van der Waals surface area contributed by atoms with Crippen molar-refractivity contribution in [3.05, 3.63) is 27.1 Å². The second kappa shape index (κ2) is 3.45. The molecule has 0 aliphatic rings. The van der Waals surface area contributed by atoms with E-state index in [1.165, 1.54) is 6.07 Å². The molecule has 2 N–H and O–H groups in total. The van der Waals surface area contributed by atoms with Gasteiger partial charge in [-0.05, 0) is 44.0 Å². The van der Waals surface area contributed by atoms with Gasteiger partial charge >= 0.3 is 0 Å². The summed E-state index contributed by atoms with van der Waals surface area (Å²) in [4.78, 5) is 0.0804. The van der Waals surface area contributed by atoms with Gasteiger partial charge in [-0.3, -0.25) is 0 Å². The van der Waals surface area contributed by atoms with Gasteiger partial charge in [0.15, 0.2) is 0 Å². The molecule has 6 heteroatoms. The highest BCUT2D eigenvalue weighted by molar-refractivity contribution is 9.13. The smallest absolute Gasteiger partial charge is 0.225 e. The number of hydrogen-bond acceptors (Lipinski definition) is 2. The Bertz CT molecular complexity index is 402. The van der Waals surface area contributed by atoms with Crippen LogP contribution in [0.1, 0.15) is 0 Å². The van der Waals surface area contributed by atoms with Crippen LogP contribution in [-0.2, 0) is 10.0 Å². The van der Waals surface area contributed by atoms with E-state index in [0.717, 1.165) is 0 Å². The van der Waals surface area contributed by atoms with Gasteiger partial charge < -0.3 is 0 Å². The largest absolute Gasteiger partial charge is 0.239 e. The van der Waals surface area contributed by atoms with Crippen LogP contribution in [0.2, 0.25) is 0 Å². The predicted octanol–water partition coefficient (Wildman–Crippen LogP) is 1.86. The average molecular weight is 315 g/mol. The van der Waals surface area contributed by atoms with Gasteiger partial charge in [-0.25, -0.2) is 13.6 Å². The van der Waals surface area contributed by atoms with Crippen LogP contribution in [0, 0.1) is 0 Å². The van der Waals surface area contributed by atoms with E-state index in [2.05, 4.69) is 31.9 Å². The van der Waals surface area contributed by atoms with E-state index >= 15 is 0 Å². The average Bonchev–Trinajstić information content (AvgIpc) is 1.92. The number of primary sulfonamides is 1. The van der Waals surface area contributed by atoms with E-state index < -0.39 is 10.0 Å². The van der Waals surface area contributed by atoms with Crippen LogP contribution >= 0.6 is 31.9 Å². The number of rotatable bonds is 1. The van der Waals surface area contributed by atoms with Crippen molar-refractivity contribution in [2.45, 2.75) is 4.90 Å². The van der Waals surface area contributed by atoms with Gasteiger partial charge in [0.2, 0.25) is 10.0 Å². The van der Waals surface area contributed by atoms with Crippen molar-refractivity contribution in [3.63, 3.8) is 0 Å². The van der Waals surface area contributed by atoms with E-state index in [9.17, 15) is 8.42 Å². The number of nitrogens with two attached hydrogens (primary N) is 1. The third-order valence-electron chi connectivity index (χ3n) is 1.22. The highest BCUT2D eigenvalue weighted by Crippen LogP contribution is 2.28. The van der Waals surface area contributed by atoms with Gasteiger partial charge in [0.1, 0.15) is 0 Å². The zero-order chi connectivity index (χ0) is 9.35. The SMILES string of the molecule is NS(=O)(=O)c1cccc(Br)c1Br. The van der Waals surface area contributed by atoms with Crippen molar-refractivity contribution in [2.75, 3.05) is 0 Å². The number of sulfonamides is 1. The summed E-state index contributed by atoms with van der Waals surface area (Å²) in [5.74, 6) is 0. The first-order valence-corrected chi connectivity index (χ1v) is 6.03. The molecule has 0 aliphatic carbocycles. The first-order chi connectivity index (χ1) is 5.43. The van der Waals surface area contributed by atoms with E-state index in [0.29, 0.717) is 8.95 Å².